The number of carbonyl (C=O) groups excluding carboxylic acids is 1. The first-order chi connectivity index (χ1) is 10.1. The quantitative estimate of drug-likeness (QED) is 0.732. The van der Waals surface area contributed by atoms with Gasteiger partial charge in [0.25, 0.3) is 5.91 Å². The summed E-state index contributed by atoms with van der Waals surface area (Å²) in [4.78, 5) is 28.6. The van der Waals surface area contributed by atoms with Gasteiger partial charge in [-0.15, -0.1) is 0 Å². The highest BCUT2D eigenvalue weighted by atomic mass is 16.4. The third kappa shape index (κ3) is 5.00. The molecule has 21 heavy (non-hydrogen) atoms. The molecule has 1 aromatic rings. The van der Waals surface area contributed by atoms with Gasteiger partial charge in [-0.3, -0.25) is 9.78 Å². The fourth-order valence-corrected chi connectivity index (χ4v) is 1.94. The van der Waals surface area contributed by atoms with Gasteiger partial charge >= 0.3 is 5.97 Å². The molecule has 1 amide bonds. The Labute approximate surface area is 123 Å². The van der Waals surface area contributed by atoms with Gasteiger partial charge in [0.05, 0.1) is 0 Å². The molecule has 0 radical (unpaired) electrons. The van der Waals surface area contributed by atoms with E-state index in [1.54, 1.807) is 12.1 Å². The first-order valence-corrected chi connectivity index (χ1v) is 6.92. The molecule has 6 nitrogen and oxygen atoms in total. The van der Waals surface area contributed by atoms with Crippen LogP contribution in [0.4, 0.5) is 0 Å². The van der Waals surface area contributed by atoms with Crippen molar-refractivity contribution in [1.82, 2.24) is 15.2 Å². The van der Waals surface area contributed by atoms with Crippen molar-refractivity contribution in [2.45, 2.75) is 18.9 Å². The second-order valence-corrected chi connectivity index (χ2v) is 5.12. The number of carboxylic acid groups (broad SMARTS) is 1. The van der Waals surface area contributed by atoms with Crippen molar-refractivity contribution in [3.63, 3.8) is 0 Å². The van der Waals surface area contributed by atoms with E-state index in [4.69, 9.17) is 5.11 Å². The van der Waals surface area contributed by atoms with E-state index in [-0.39, 0.29) is 5.91 Å². The van der Waals surface area contributed by atoms with E-state index in [1.807, 2.05) is 0 Å². The van der Waals surface area contributed by atoms with Gasteiger partial charge in [-0.25, -0.2) is 4.79 Å². The van der Waals surface area contributed by atoms with Gasteiger partial charge < -0.3 is 15.3 Å². The molecule has 1 aliphatic carbocycles. The lowest BCUT2D eigenvalue weighted by Crippen LogP contribution is -2.34. The normalized spacial score (nSPS) is 14.6. The molecular formula is C15H19N3O3. The Morgan fingerprint density at radius 1 is 1.48 bits per heavy atom. The fraction of sp³-hybridized carbons (Fsp3) is 0.400. The number of hydrogen-bond donors (Lipinski definition) is 2. The molecule has 0 unspecified atom stereocenters. The zero-order chi connectivity index (χ0) is 15.2. The third-order valence-corrected chi connectivity index (χ3v) is 3.36. The van der Waals surface area contributed by atoms with E-state index in [2.05, 4.69) is 22.2 Å². The highest BCUT2D eigenvalue weighted by molar-refractivity contribution is 5.92. The van der Waals surface area contributed by atoms with Crippen LogP contribution in [0.25, 0.3) is 6.08 Å². The van der Waals surface area contributed by atoms with Gasteiger partial charge in [0.1, 0.15) is 5.69 Å². The molecule has 1 saturated carbocycles. The maximum Gasteiger partial charge on any atom is 0.328 e. The van der Waals surface area contributed by atoms with Gasteiger partial charge in [-0.05, 0) is 37.6 Å². The van der Waals surface area contributed by atoms with Crippen molar-refractivity contribution in [1.29, 1.82) is 0 Å². The summed E-state index contributed by atoms with van der Waals surface area (Å²) >= 11 is 0. The minimum Gasteiger partial charge on any atom is -0.478 e. The molecule has 2 N–H and O–H groups in total. The number of likely N-dealkylation sites (N-methyl/N-ethyl adjacent to an activating group) is 1. The Balaban J connectivity index is 1.80. The molecule has 6 heteroatoms. The van der Waals surface area contributed by atoms with Crippen LogP contribution in [-0.2, 0) is 4.79 Å². The van der Waals surface area contributed by atoms with Gasteiger partial charge in [-0.2, -0.15) is 0 Å². The summed E-state index contributed by atoms with van der Waals surface area (Å²) in [5.74, 6) is -1.23. The number of aromatic nitrogens is 1. The molecule has 1 heterocycles. The van der Waals surface area contributed by atoms with Crippen LogP contribution < -0.4 is 5.32 Å². The number of hydrogen-bond acceptors (Lipinski definition) is 4. The second kappa shape index (κ2) is 6.99. The number of nitrogens with zero attached hydrogens (tertiary/aromatic N) is 2. The number of carbonyl (C=O) groups is 2. The number of carboxylic acids is 1. The number of aliphatic carboxylic acids is 1. The van der Waals surface area contributed by atoms with Crippen LogP contribution in [0.3, 0.4) is 0 Å². The molecule has 1 aromatic heterocycles. The van der Waals surface area contributed by atoms with Crippen LogP contribution >= 0.6 is 0 Å². The van der Waals surface area contributed by atoms with Crippen LogP contribution in [0.1, 0.15) is 28.9 Å². The van der Waals surface area contributed by atoms with Crippen molar-refractivity contribution in [2.75, 3.05) is 20.1 Å². The highest BCUT2D eigenvalue weighted by Gasteiger charge is 2.25. The summed E-state index contributed by atoms with van der Waals surface area (Å²) in [5, 5.41) is 11.4. The summed E-state index contributed by atoms with van der Waals surface area (Å²) in [5.41, 5.74) is 0.971. The van der Waals surface area contributed by atoms with Crippen molar-refractivity contribution < 1.29 is 14.7 Å². The summed E-state index contributed by atoms with van der Waals surface area (Å²) in [6.07, 6.45) is 6.44. The highest BCUT2D eigenvalue weighted by Crippen LogP contribution is 2.24. The number of amides is 1. The summed E-state index contributed by atoms with van der Waals surface area (Å²) in [7, 11) is 2.06. The zero-order valence-corrected chi connectivity index (χ0v) is 12.0. The fourth-order valence-electron chi connectivity index (χ4n) is 1.94. The van der Waals surface area contributed by atoms with E-state index < -0.39 is 5.97 Å². The standard InChI is InChI=1S/C15H19N3O3/c1-18(12-4-5-12)9-8-16-15(21)13-6-2-11(10-17-13)3-7-14(19)20/h2-3,6-7,10,12H,4-5,8-9H2,1H3,(H,16,21)(H,19,20). The zero-order valence-electron chi connectivity index (χ0n) is 12.0. The average Bonchev–Trinajstić information content (AvgIpc) is 3.30. The summed E-state index contributed by atoms with van der Waals surface area (Å²) < 4.78 is 0. The topological polar surface area (TPSA) is 82.5 Å². The van der Waals surface area contributed by atoms with Crippen LogP contribution in [0.5, 0.6) is 0 Å². The molecule has 1 aliphatic rings. The number of nitrogens with one attached hydrogen (secondary N) is 1. The molecule has 2 rings (SSSR count). The second-order valence-electron chi connectivity index (χ2n) is 5.12. The van der Waals surface area contributed by atoms with Gasteiger partial charge in [0.15, 0.2) is 0 Å². The van der Waals surface area contributed by atoms with Crippen LogP contribution in [0.15, 0.2) is 24.4 Å². The van der Waals surface area contributed by atoms with Gasteiger partial charge in [0.2, 0.25) is 0 Å². The molecule has 112 valence electrons. The molecule has 0 saturated heterocycles. The van der Waals surface area contributed by atoms with Crippen LogP contribution in [0.2, 0.25) is 0 Å². The van der Waals surface area contributed by atoms with Crippen molar-refractivity contribution in [3.8, 4) is 0 Å². The lowest BCUT2D eigenvalue weighted by Gasteiger charge is -2.15. The average molecular weight is 289 g/mol. The maximum atomic E-state index is 11.9. The monoisotopic (exact) mass is 289 g/mol. The van der Waals surface area contributed by atoms with E-state index >= 15 is 0 Å². The Kier molecular flexibility index (Phi) is 5.05. The summed E-state index contributed by atoms with van der Waals surface area (Å²) in [6, 6.07) is 3.93. The minimum absolute atomic E-state index is 0.215. The Morgan fingerprint density at radius 2 is 2.24 bits per heavy atom. The Morgan fingerprint density at radius 3 is 2.81 bits per heavy atom. The molecule has 0 aliphatic heterocycles. The smallest absolute Gasteiger partial charge is 0.328 e. The van der Waals surface area contributed by atoms with Crippen molar-refractivity contribution >= 4 is 18.0 Å². The van der Waals surface area contributed by atoms with Gasteiger partial charge in [-0.1, -0.05) is 6.07 Å². The lowest BCUT2D eigenvalue weighted by molar-refractivity contribution is -0.131. The van der Waals surface area contributed by atoms with Gasteiger partial charge in [0, 0.05) is 31.4 Å². The minimum atomic E-state index is -1.02. The lowest BCUT2D eigenvalue weighted by atomic mass is 10.2. The molecule has 0 atom stereocenters. The van der Waals surface area contributed by atoms with E-state index in [0.717, 1.165) is 12.6 Å². The first-order valence-electron chi connectivity index (χ1n) is 6.92. The third-order valence-electron chi connectivity index (χ3n) is 3.36. The largest absolute Gasteiger partial charge is 0.478 e. The molecule has 0 bridgehead atoms. The number of rotatable bonds is 7. The van der Waals surface area contributed by atoms with Crippen LogP contribution in [-0.4, -0.2) is 53.0 Å². The predicted molar refractivity (Wildman–Crippen MR) is 78.9 cm³/mol. The van der Waals surface area contributed by atoms with E-state index in [0.29, 0.717) is 23.8 Å². The maximum absolute atomic E-state index is 11.9. The van der Waals surface area contributed by atoms with Crippen molar-refractivity contribution in [2.24, 2.45) is 0 Å². The number of pyridine rings is 1. The SMILES string of the molecule is CN(CCNC(=O)c1ccc(C=CC(=O)O)cn1)C1CC1. The summed E-state index contributed by atoms with van der Waals surface area (Å²) in [6.45, 7) is 1.42. The molecule has 0 spiro atoms. The first kappa shape index (κ1) is 15.2. The molecule has 1 fully saturated rings. The van der Waals surface area contributed by atoms with Crippen molar-refractivity contribution in [3.05, 3.63) is 35.7 Å². The van der Waals surface area contributed by atoms with E-state index in [1.165, 1.54) is 25.1 Å². The van der Waals surface area contributed by atoms with Crippen LogP contribution in [0, 0.1) is 0 Å². The predicted octanol–water partition coefficient (Wildman–Crippen LogP) is 1.00. The van der Waals surface area contributed by atoms with E-state index in [9.17, 15) is 9.59 Å². The Bertz CT molecular complexity index is 536. The molecular weight excluding hydrogens is 270 g/mol. The Hall–Kier alpha value is -2.21. The molecule has 0 aromatic carbocycles.